The lowest BCUT2D eigenvalue weighted by Crippen LogP contribution is -2.44. The highest BCUT2D eigenvalue weighted by molar-refractivity contribution is 5.88. The van der Waals surface area contributed by atoms with Crippen LogP contribution in [0, 0.1) is 17.8 Å². The van der Waals surface area contributed by atoms with E-state index in [2.05, 4.69) is 17.2 Å². The van der Waals surface area contributed by atoms with Crippen LogP contribution in [0.5, 0.6) is 0 Å². The standard InChI is InChI=1S/C48H84N2O11/c1-3-60-35-36-61-34-20-33-49-46(56)41(28-32-45(54)55)37-43(53)30-31-44(48(58)59)50-47(57)40-26-23-39(24-27-40)25-29-42(52)22-19-17-15-13-11-9-7-5-4-6-8-10-12-14-16-18-21-38(2)51/h39-41,44,51H,2-37H2,1H3,(H,49,56)(H,50,57)(H,54,55)(H,58,59). The van der Waals surface area contributed by atoms with Crippen molar-refractivity contribution in [1.29, 1.82) is 0 Å². The van der Waals surface area contributed by atoms with Gasteiger partial charge in [-0.2, -0.15) is 0 Å². The number of carboxylic acids is 2. The fraction of sp³-hybridized carbons (Fsp3) is 0.833. The summed E-state index contributed by atoms with van der Waals surface area (Å²) in [6, 6.07) is -1.25. The van der Waals surface area contributed by atoms with Crippen molar-refractivity contribution < 1.29 is 53.6 Å². The molecule has 61 heavy (non-hydrogen) atoms. The minimum absolute atomic E-state index is 0.0249. The second-order valence-electron chi connectivity index (χ2n) is 17.3. The summed E-state index contributed by atoms with van der Waals surface area (Å²) in [4.78, 5) is 74.5. The maximum atomic E-state index is 13.1. The molecule has 0 heterocycles. The Morgan fingerprint density at radius 1 is 0.607 bits per heavy atom. The summed E-state index contributed by atoms with van der Waals surface area (Å²) in [6.45, 7) is 7.66. The summed E-state index contributed by atoms with van der Waals surface area (Å²) < 4.78 is 10.6. The lowest BCUT2D eigenvalue weighted by Gasteiger charge is -2.28. The third-order valence-electron chi connectivity index (χ3n) is 11.9. The fourth-order valence-electron chi connectivity index (χ4n) is 8.08. The van der Waals surface area contributed by atoms with Crippen LogP contribution >= 0.6 is 0 Å². The number of ketones is 2. The number of amides is 2. The predicted molar refractivity (Wildman–Crippen MR) is 238 cm³/mol. The summed E-state index contributed by atoms with van der Waals surface area (Å²) in [7, 11) is 0. The minimum atomic E-state index is -1.25. The number of carbonyl (C=O) groups is 6. The number of aliphatic hydroxyl groups excluding tert-OH is 1. The molecular formula is C48H84N2O11. The predicted octanol–water partition coefficient (Wildman–Crippen LogP) is 9.58. The molecule has 0 aliphatic heterocycles. The molecule has 352 valence electrons. The van der Waals surface area contributed by atoms with Crippen molar-refractivity contribution >= 4 is 35.3 Å². The van der Waals surface area contributed by atoms with Gasteiger partial charge >= 0.3 is 11.9 Å². The number of aliphatic carboxylic acids is 2. The normalized spacial score (nSPS) is 16.1. The lowest BCUT2D eigenvalue weighted by atomic mass is 9.79. The average Bonchev–Trinajstić information content (AvgIpc) is 3.23. The molecule has 0 radical (unpaired) electrons. The van der Waals surface area contributed by atoms with Crippen molar-refractivity contribution in [2.75, 3.05) is 33.0 Å². The molecule has 13 heteroatoms. The smallest absolute Gasteiger partial charge is 0.326 e. The number of ether oxygens (including phenoxy) is 2. The molecule has 1 aliphatic rings. The molecule has 2 atom stereocenters. The van der Waals surface area contributed by atoms with E-state index in [-0.39, 0.29) is 49.7 Å². The van der Waals surface area contributed by atoms with Crippen LogP contribution in [0.4, 0.5) is 0 Å². The molecule has 5 N–H and O–H groups in total. The number of rotatable bonds is 42. The maximum absolute atomic E-state index is 13.1. The third kappa shape index (κ3) is 32.1. The van der Waals surface area contributed by atoms with Gasteiger partial charge in [0.05, 0.1) is 19.0 Å². The molecule has 0 aromatic rings. The van der Waals surface area contributed by atoms with Crippen LogP contribution in [0.25, 0.3) is 0 Å². The van der Waals surface area contributed by atoms with Crippen LogP contribution < -0.4 is 10.6 Å². The summed E-state index contributed by atoms with van der Waals surface area (Å²) in [6.07, 6.45) is 25.2. The molecule has 0 aromatic carbocycles. The number of carbonyl (C=O) groups excluding carboxylic acids is 4. The van der Waals surface area contributed by atoms with Gasteiger partial charge in [0, 0.05) is 70.1 Å². The number of allylic oxidation sites excluding steroid dienone is 1. The van der Waals surface area contributed by atoms with Crippen LogP contribution in [0.15, 0.2) is 12.3 Å². The molecule has 2 amide bonds. The topological polar surface area (TPSA) is 206 Å². The van der Waals surface area contributed by atoms with Gasteiger partial charge < -0.3 is 35.4 Å². The molecule has 0 saturated heterocycles. The lowest BCUT2D eigenvalue weighted by molar-refractivity contribution is -0.143. The summed E-state index contributed by atoms with van der Waals surface area (Å²) >= 11 is 0. The highest BCUT2D eigenvalue weighted by atomic mass is 16.5. The number of Topliss-reactive ketones (excluding diaryl/α,β-unsaturated/α-hetero) is 2. The Bertz CT molecular complexity index is 1230. The van der Waals surface area contributed by atoms with Crippen LogP contribution in [-0.4, -0.2) is 89.7 Å². The SMILES string of the molecule is C=C(O)CCCCCCCCCCCCCCCCCCC(=O)CCC1CCC(C(=O)NC(CCC(=O)CC(CCC(=O)O)C(=O)NCCCOCCOCC)C(=O)O)CC1. The van der Waals surface area contributed by atoms with Crippen molar-refractivity contribution in [2.45, 2.75) is 206 Å². The van der Waals surface area contributed by atoms with E-state index < -0.39 is 29.8 Å². The van der Waals surface area contributed by atoms with Gasteiger partial charge in [-0.05, 0) is 77.0 Å². The number of unbranched alkanes of at least 4 members (excludes halogenated alkanes) is 15. The molecule has 1 fully saturated rings. The zero-order valence-electron chi connectivity index (χ0n) is 37.9. The van der Waals surface area contributed by atoms with E-state index in [4.69, 9.17) is 19.7 Å². The largest absolute Gasteiger partial charge is 0.513 e. The Kier molecular flexibility index (Phi) is 34.0. The molecule has 1 aliphatic carbocycles. The number of nitrogens with one attached hydrogen (secondary N) is 2. The quantitative estimate of drug-likeness (QED) is 0.0289. The van der Waals surface area contributed by atoms with Gasteiger partial charge in [-0.15, -0.1) is 0 Å². The number of hydrogen-bond donors (Lipinski definition) is 5. The summed E-state index contributed by atoms with van der Waals surface area (Å²) in [5.41, 5.74) is 0. The van der Waals surface area contributed by atoms with E-state index in [0.717, 1.165) is 44.9 Å². The van der Waals surface area contributed by atoms with E-state index in [1.807, 2.05) is 6.92 Å². The third-order valence-corrected chi connectivity index (χ3v) is 11.9. The Balaban J connectivity index is 2.20. The maximum Gasteiger partial charge on any atom is 0.326 e. The molecule has 0 aromatic heterocycles. The van der Waals surface area contributed by atoms with Crippen LogP contribution in [0.1, 0.15) is 200 Å². The van der Waals surface area contributed by atoms with E-state index >= 15 is 0 Å². The van der Waals surface area contributed by atoms with Crippen molar-refractivity contribution in [3.8, 4) is 0 Å². The Hall–Kier alpha value is -3.32. The van der Waals surface area contributed by atoms with E-state index in [1.54, 1.807) is 0 Å². The molecule has 0 spiro atoms. The molecule has 13 nitrogen and oxygen atoms in total. The zero-order chi connectivity index (χ0) is 44.9. The zero-order valence-corrected chi connectivity index (χ0v) is 37.9. The first-order valence-corrected chi connectivity index (χ1v) is 24.0. The highest BCUT2D eigenvalue weighted by Crippen LogP contribution is 2.32. The molecule has 0 bridgehead atoms. The van der Waals surface area contributed by atoms with Crippen molar-refractivity contribution in [3.05, 3.63) is 12.3 Å². The fourth-order valence-corrected chi connectivity index (χ4v) is 8.08. The van der Waals surface area contributed by atoms with Crippen LogP contribution in [0.3, 0.4) is 0 Å². The van der Waals surface area contributed by atoms with Crippen LogP contribution in [-0.2, 0) is 38.2 Å². The van der Waals surface area contributed by atoms with E-state index in [9.17, 15) is 33.9 Å². The van der Waals surface area contributed by atoms with Crippen molar-refractivity contribution in [2.24, 2.45) is 17.8 Å². The van der Waals surface area contributed by atoms with E-state index in [0.29, 0.717) is 82.5 Å². The van der Waals surface area contributed by atoms with E-state index in [1.165, 1.54) is 83.5 Å². The summed E-state index contributed by atoms with van der Waals surface area (Å²) in [5.74, 6) is -3.65. The molecule has 2 unspecified atom stereocenters. The van der Waals surface area contributed by atoms with Gasteiger partial charge in [-0.25, -0.2) is 4.79 Å². The van der Waals surface area contributed by atoms with Crippen molar-refractivity contribution in [1.82, 2.24) is 10.6 Å². The Morgan fingerprint density at radius 3 is 1.67 bits per heavy atom. The van der Waals surface area contributed by atoms with Crippen LogP contribution in [0.2, 0.25) is 0 Å². The number of carboxylic acid groups (broad SMARTS) is 2. The monoisotopic (exact) mass is 865 g/mol. The Morgan fingerprint density at radius 2 is 1.15 bits per heavy atom. The molecule has 1 rings (SSSR count). The van der Waals surface area contributed by atoms with Gasteiger partial charge in [0.25, 0.3) is 0 Å². The van der Waals surface area contributed by atoms with Gasteiger partial charge in [0.15, 0.2) is 0 Å². The first kappa shape index (κ1) is 55.7. The Labute approximate surface area is 367 Å². The first-order chi connectivity index (χ1) is 29.4. The minimum Gasteiger partial charge on any atom is -0.513 e. The van der Waals surface area contributed by atoms with Gasteiger partial charge in [-0.3, -0.25) is 24.0 Å². The number of hydrogen-bond acceptors (Lipinski definition) is 9. The molecular weight excluding hydrogens is 781 g/mol. The average molecular weight is 865 g/mol. The summed E-state index contributed by atoms with van der Waals surface area (Å²) in [5, 5.41) is 33.4. The number of aliphatic hydroxyl groups is 1. The van der Waals surface area contributed by atoms with Gasteiger partial charge in [0.1, 0.15) is 17.6 Å². The van der Waals surface area contributed by atoms with Gasteiger partial charge in [-0.1, -0.05) is 96.5 Å². The first-order valence-electron chi connectivity index (χ1n) is 24.0. The van der Waals surface area contributed by atoms with Crippen molar-refractivity contribution in [3.63, 3.8) is 0 Å². The highest BCUT2D eigenvalue weighted by Gasteiger charge is 2.30. The second-order valence-corrected chi connectivity index (χ2v) is 17.3. The second kappa shape index (κ2) is 37.3. The molecule has 1 saturated carbocycles. The van der Waals surface area contributed by atoms with Gasteiger partial charge in [0.2, 0.25) is 11.8 Å².